The molecule has 1 aliphatic heterocycles. The van der Waals surface area contributed by atoms with E-state index in [4.69, 9.17) is 5.11 Å². The van der Waals surface area contributed by atoms with E-state index < -0.39 is 12.0 Å². The first kappa shape index (κ1) is 16.5. The molecule has 1 aliphatic rings. The lowest BCUT2D eigenvalue weighted by atomic mass is 10.0. The van der Waals surface area contributed by atoms with Crippen molar-refractivity contribution in [3.63, 3.8) is 0 Å². The summed E-state index contributed by atoms with van der Waals surface area (Å²) in [6.07, 6.45) is 0.269. The zero-order valence-corrected chi connectivity index (χ0v) is 13.2. The summed E-state index contributed by atoms with van der Waals surface area (Å²) in [6, 6.07) is 8.79. The number of carboxylic acids is 1. The van der Waals surface area contributed by atoms with E-state index in [0.717, 1.165) is 5.56 Å². The number of carbonyl (C=O) groups is 3. The fourth-order valence-electron chi connectivity index (χ4n) is 2.71. The Morgan fingerprint density at radius 3 is 2.64 bits per heavy atom. The van der Waals surface area contributed by atoms with Gasteiger partial charge in [-0.25, -0.2) is 0 Å². The van der Waals surface area contributed by atoms with E-state index in [-0.39, 0.29) is 23.4 Å². The maximum Gasteiger partial charge on any atom is 0.305 e. The van der Waals surface area contributed by atoms with Gasteiger partial charge in [0.05, 0.1) is 12.5 Å². The summed E-state index contributed by atoms with van der Waals surface area (Å²) in [6.45, 7) is 2.02. The van der Waals surface area contributed by atoms with Crippen LogP contribution in [0.1, 0.15) is 31.4 Å². The van der Waals surface area contributed by atoms with Crippen LogP contribution in [0.15, 0.2) is 30.3 Å². The van der Waals surface area contributed by atoms with Gasteiger partial charge in [0.1, 0.15) is 0 Å². The van der Waals surface area contributed by atoms with Crippen molar-refractivity contribution in [1.82, 2.24) is 4.90 Å². The van der Waals surface area contributed by atoms with Gasteiger partial charge in [-0.15, -0.1) is 0 Å². The average molecular weight is 321 g/mol. The van der Waals surface area contributed by atoms with Crippen LogP contribution in [-0.4, -0.2) is 39.3 Å². The van der Waals surface area contributed by atoms with E-state index in [1.54, 1.807) is 4.90 Å². The minimum absolute atomic E-state index is 0.0377. The molecule has 5 nitrogen and oxygen atoms in total. The van der Waals surface area contributed by atoms with E-state index >= 15 is 0 Å². The lowest BCUT2D eigenvalue weighted by Crippen LogP contribution is -2.32. The second-order valence-corrected chi connectivity index (χ2v) is 6.64. The molecule has 2 unspecified atom stereocenters. The maximum atomic E-state index is 12.3. The Balaban J connectivity index is 2.12. The quantitative estimate of drug-likeness (QED) is 0.870. The smallest absolute Gasteiger partial charge is 0.305 e. The van der Waals surface area contributed by atoms with Gasteiger partial charge in [-0.1, -0.05) is 42.1 Å². The number of thioether (sulfide) groups is 1. The van der Waals surface area contributed by atoms with Crippen molar-refractivity contribution >= 4 is 28.8 Å². The largest absolute Gasteiger partial charge is 0.481 e. The minimum Gasteiger partial charge on any atom is -0.481 e. The maximum absolute atomic E-state index is 12.3. The van der Waals surface area contributed by atoms with Crippen LogP contribution in [0, 0.1) is 5.92 Å². The Hall–Kier alpha value is -1.82. The number of benzene rings is 1. The second-order valence-electron chi connectivity index (χ2n) is 5.44. The van der Waals surface area contributed by atoms with Crippen molar-refractivity contribution in [2.45, 2.75) is 25.8 Å². The standard InChI is InChI=1S/C16H19NO4S/c1-11(18)22-10-12-7-15(19)17(9-12)14(8-16(20)21)13-5-3-2-4-6-13/h2-6,12,14H,7-10H2,1H3,(H,20,21). The Morgan fingerprint density at radius 2 is 2.05 bits per heavy atom. The molecular formula is C16H19NO4S. The van der Waals surface area contributed by atoms with Crippen molar-refractivity contribution in [3.8, 4) is 0 Å². The molecule has 0 radical (unpaired) electrons. The van der Waals surface area contributed by atoms with Crippen LogP contribution in [0.4, 0.5) is 0 Å². The van der Waals surface area contributed by atoms with Gasteiger partial charge in [0.15, 0.2) is 5.12 Å². The van der Waals surface area contributed by atoms with Crippen molar-refractivity contribution in [2.24, 2.45) is 5.92 Å². The van der Waals surface area contributed by atoms with E-state index in [2.05, 4.69) is 0 Å². The summed E-state index contributed by atoms with van der Waals surface area (Å²) in [7, 11) is 0. The number of hydrogen-bond acceptors (Lipinski definition) is 4. The number of nitrogens with zero attached hydrogens (tertiary/aromatic N) is 1. The van der Waals surface area contributed by atoms with Gasteiger partial charge in [0.25, 0.3) is 0 Å². The van der Waals surface area contributed by atoms with Crippen molar-refractivity contribution in [3.05, 3.63) is 35.9 Å². The SMILES string of the molecule is CC(=O)SCC1CC(=O)N(C(CC(=O)O)c2ccccc2)C1. The molecule has 1 saturated heterocycles. The lowest BCUT2D eigenvalue weighted by Gasteiger charge is -2.27. The molecule has 0 bridgehead atoms. The summed E-state index contributed by atoms with van der Waals surface area (Å²) < 4.78 is 0. The summed E-state index contributed by atoms with van der Waals surface area (Å²) in [5, 5.41) is 9.19. The van der Waals surface area contributed by atoms with Crippen molar-refractivity contribution < 1.29 is 19.5 Å². The molecular weight excluding hydrogens is 302 g/mol. The predicted octanol–water partition coefficient (Wildman–Crippen LogP) is 2.33. The molecule has 1 aromatic carbocycles. The summed E-state index contributed by atoms with van der Waals surface area (Å²) in [4.78, 5) is 36.1. The molecule has 2 rings (SSSR count). The zero-order valence-electron chi connectivity index (χ0n) is 12.4. The van der Waals surface area contributed by atoms with Crippen LogP contribution in [0.2, 0.25) is 0 Å². The third-order valence-corrected chi connectivity index (χ3v) is 4.73. The molecule has 1 amide bonds. The average Bonchev–Trinajstić information content (AvgIpc) is 2.84. The topological polar surface area (TPSA) is 74.7 Å². The number of carboxylic acid groups (broad SMARTS) is 1. The van der Waals surface area contributed by atoms with Crippen molar-refractivity contribution in [1.29, 1.82) is 0 Å². The van der Waals surface area contributed by atoms with Crippen LogP contribution in [0.3, 0.4) is 0 Å². The normalized spacial score (nSPS) is 19.2. The second kappa shape index (κ2) is 7.45. The van der Waals surface area contributed by atoms with Crippen LogP contribution in [-0.2, 0) is 14.4 Å². The molecule has 118 valence electrons. The van der Waals surface area contributed by atoms with Crippen LogP contribution < -0.4 is 0 Å². The van der Waals surface area contributed by atoms with E-state index in [1.165, 1.54) is 18.7 Å². The van der Waals surface area contributed by atoms with Crippen LogP contribution >= 0.6 is 11.8 Å². The van der Waals surface area contributed by atoms with E-state index in [9.17, 15) is 14.4 Å². The molecule has 6 heteroatoms. The first-order valence-corrected chi connectivity index (χ1v) is 8.15. The summed E-state index contributed by atoms with van der Waals surface area (Å²) >= 11 is 1.22. The molecule has 2 atom stereocenters. The molecule has 0 spiro atoms. The highest BCUT2D eigenvalue weighted by molar-refractivity contribution is 8.13. The fourth-order valence-corrected chi connectivity index (χ4v) is 3.40. The molecule has 0 aliphatic carbocycles. The van der Waals surface area contributed by atoms with Gasteiger partial charge in [-0.3, -0.25) is 14.4 Å². The number of hydrogen-bond donors (Lipinski definition) is 1. The highest BCUT2D eigenvalue weighted by atomic mass is 32.2. The molecule has 1 N–H and O–H groups in total. The minimum atomic E-state index is -0.928. The predicted molar refractivity (Wildman–Crippen MR) is 84.4 cm³/mol. The highest BCUT2D eigenvalue weighted by Gasteiger charge is 2.36. The molecule has 22 heavy (non-hydrogen) atoms. The summed E-state index contributed by atoms with van der Waals surface area (Å²) in [5.41, 5.74) is 0.832. The van der Waals surface area contributed by atoms with Gasteiger partial charge in [-0.05, 0) is 11.5 Å². The molecule has 1 aromatic rings. The number of rotatable bonds is 6. The Kier molecular flexibility index (Phi) is 5.60. The van der Waals surface area contributed by atoms with Crippen molar-refractivity contribution in [2.75, 3.05) is 12.3 Å². The van der Waals surface area contributed by atoms with Crippen LogP contribution in [0.25, 0.3) is 0 Å². The zero-order chi connectivity index (χ0) is 16.1. The van der Waals surface area contributed by atoms with Gasteiger partial charge in [-0.2, -0.15) is 0 Å². The Morgan fingerprint density at radius 1 is 1.36 bits per heavy atom. The third-order valence-electron chi connectivity index (χ3n) is 3.69. The first-order valence-electron chi connectivity index (χ1n) is 7.17. The van der Waals surface area contributed by atoms with E-state index in [0.29, 0.717) is 18.7 Å². The number of likely N-dealkylation sites (tertiary alicyclic amines) is 1. The molecule has 1 heterocycles. The lowest BCUT2D eigenvalue weighted by molar-refractivity contribution is -0.140. The van der Waals surface area contributed by atoms with E-state index in [1.807, 2.05) is 30.3 Å². The number of carbonyl (C=O) groups excluding carboxylic acids is 2. The fraction of sp³-hybridized carbons (Fsp3) is 0.438. The highest BCUT2D eigenvalue weighted by Crippen LogP contribution is 2.32. The molecule has 0 saturated carbocycles. The first-order chi connectivity index (χ1) is 10.5. The monoisotopic (exact) mass is 321 g/mol. The van der Waals surface area contributed by atoms with Crippen LogP contribution in [0.5, 0.6) is 0 Å². The van der Waals surface area contributed by atoms with Gasteiger partial charge >= 0.3 is 5.97 Å². The summed E-state index contributed by atoms with van der Waals surface area (Å²) in [5.74, 6) is -0.263. The molecule has 1 fully saturated rings. The van der Waals surface area contributed by atoms with Gasteiger partial charge in [0, 0.05) is 25.6 Å². The third kappa shape index (κ3) is 4.34. The Bertz CT molecular complexity index is 561. The molecule has 0 aromatic heterocycles. The van der Waals surface area contributed by atoms with Gasteiger partial charge < -0.3 is 10.0 Å². The number of amides is 1. The van der Waals surface area contributed by atoms with Gasteiger partial charge in [0.2, 0.25) is 5.91 Å². The number of aliphatic carboxylic acids is 1. The Labute approximate surface area is 133 Å².